The van der Waals surface area contributed by atoms with E-state index >= 15 is 0 Å². The number of unbranched alkanes of at least 4 members (excludes halogenated alkanes) is 23. The number of hydrogen-bond acceptors (Lipinski definition) is 30. The summed E-state index contributed by atoms with van der Waals surface area (Å²) >= 11 is 0. The first kappa shape index (κ1) is 92.2. The van der Waals surface area contributed by atoms with Crippen LogP contribution in [0.1, 0.15) is 201 Å². The molecular weight excluding hydrogens is 1390 g/mol. The molecule has 0 aromatic heterocycles. The maximum absolute atomic E-state index is 13.8. The van der Waals surface area contributed by atoms with Crippen LogP contribution in [0.15, 0.2) is 12.2 Å². The molecule has 28 atom stereocenters. The normalized spacial score (nSPS) is 35.0. The number of aliphatic carboxylic acids is 1. The number of allylic oxidation sites excluding steroid dienone is 1. The Kier molecular flexibility index (Phi) is 42.5. The topological polar surface area (TPSA) is 541 Å². The van der Waals surface area contributed by atoms with Gasteiger partial charge in [-0.05, 0) is 19.3 Å². The Morgan fingerprint density at radius 2 is 0.943 bits per heavy atom. The third-order valence-electron chi connectivity index (χ3n) is 20.1. The maximum atomic E-state index is 13.8. The predicted octanol–water partition coefficient (Wildman–Crippen LogP) is -1.82. The molecule has 0 aromatic carbocycles. The van der Waals surface area contributed by atoms with Gasteiger partial charge in [0.15, 0.2) is 25.2 Å². The summed E-state index contributed by atoms with van der Waals surface area (Å²) in [6, 6.07) is -4.80. The van der Waals surface area contributed by atoms with Crippen LogP contribution in [-0.4, -0.2) is 321 Å². The second kappa shape index (κ2) is 48.4. The van der Waals surface area contributed by atoms with Gasteiger partial charge in [0.2, 0.25) is 17.7 Å². The molecule has 5 saturated heterocycles. The molecule has 5 aliphatic heterocycles. The van der Waals surface area contributed by atoms with Crippen LogP contribution in [0.3, 0.4) is 0 Å². The number of carbonyl (C=O) groups is 4. The van der Waals surface area contributed by atoms with Crippen LogP contribution in [0.25, 0.3) is 0 Å². The largest absolute Gasteiger partial charge is 0.477 e. The van der Waals surface area contributed by atoms with Gasteiger partial charge in [-0.2, -0.15) is 0 Å². The van der Waals surface area contributed by atoms with Crippen LogP contribution in [0.5, 0.6) is 0 Å². The summed E-state index contributed by atoms with van der Waals surface area (Å²) in [6.07, 6.45) is -19.5. The molecule has 5 aliphatic rings. The van der Waals surface area contributed by atoms with E-state index in [1.807, 2.05) is 6.08 Å². The highest BCUT2D eigenvalue weighted by molar-refractivity contribution is 5.77. The Hall–Kier alpha value is -3.42. The first-order chi connectivity index (χ1) is 50.3. The Morgan fingerprint density at radius 3 is 1.47 bits per heavy atom. The minimum absolute atomic E-state index is 0.134. The van der Waals surface area contributed by atoms with E-state index in [1.54, 1.807) is 0 Å². The van der Waals surface area contributed by atoms with Crippen LogP contribution in [0.2, 0.25) is 0 Å². The zero-order valence-corrected chi connectivity index (χ0v) is 61.4. The first-order valence-electron chi connectivity index (χ1n) is 38.1. The van der Waals surface area contributed by atoms with Gasteiger partial charge >= 0.3 is 5.97 Å². The van der Waals surface area contributed by atoms with Crippen LogP contribution in [0, 0.1) is 0 Å². The van der Waals surface area contributed by atoms with Gasteiger partial charge < -0.3 is 150 Å². The number of rotatable bonds is 50. The lowest BCUT2D eigenvalue weighted by molar-refractivity contribution is -0.403. The molecule has 0 bridgehead atoms. The van der Waals surface area contributed by atoms with Gasteiger partial charge in [0, 0.05) is 26.7 Å². The molecular formula is C71H127N3O31. The van der Waals surface area contributed by atoms with E-state index in [4.69, 9.17) is 47.4 Å². The number of carbonyl (C=O) groups excluding carboxylic acids is 3. The fourth-order valence-electron chi connectivity index (χ4n) is 14.0. The van der Waals surface area contributed by atoms with Gasteiger partial charge in [-0.3, -0.25) is 14.4 Å². The van der Waals surface area contributed by atoms with Crippen molar-refractivity contribution in [2.75, 3.05) is 39.6 Å². The van der Waals surface area contributed by atoms with Crippen molar-refractivity contribution in [3.63, 3.8) is 0 Å². The zero-order chi connectivity index (χ0) is 77.3. The lowest BCUT2D eigenvalue weighted by Gasteiger charge is -2.52. The monoisotopic (exact) mass is 1520 g/mol. The Bertz CT molecular complexity index is 2460. The summed E-state index contributed by atoms with van der Waals surface area (Å²) in [5, 5.41) is 197. The fourth-order valence-corrected chi connectivity index (χ4v) is 14.0. The number of nitrogens with one attached hydrogen (secondary N) is 3. The molecule has 34 nitrogen and oxygen atoms in total. The molecule has 34 heteroatoms. The molecule has 612 valence electrons. The van der Waals surface area contributed by atoms with E-state index < -0.39 is 235 Å². The SMILES string of the molecule is CCCCCCCCCCCCCC=C[C@@H](O)[C@H](CO[C@@H]1O[C@H](CO)[C@@H](O[C@@H]2O[C@H](CO)[C@H](O[C@@H]3O[C@H](CO)[C@H](O)[C@H](O[C@@H]4O[C@H](CO)[C@H](O)[C@H](O)[C@H]4O)[C@H]3NC(C)=O)[C@H](O[C@]3(C(=O)O)C[C@H](O)[C@@H](NC(C)=O)C([C@@H](O)[C@@H](O)CO)O3)[C@H]2O)[C@H](O)C1O)NC(=O)CCCCCCCCCCCCCCC. The van der Waals surface area contributed by atoms with E-state index in [9.17, 15) is 106 Å². The van der Waals surface area contributed by atoms with Crippen molar-refractivity contribution in [1.82, 2.24) is 16.0 Å². The van der Waals surface area contributed by atoms with Gasteiger partial charge in [0.25, 0.3) is 5.79 Å². The quantitative estimate of drug-likeness (QED) is 0.0235. The average molecular weight is 1520 g/mol. The van der Waals surface area contributed by atoms with Crippen molar-refractivity contribution in [2.45, 2.75) is 372 Å². The first-order valence-corrected chi connectivity index (χ1v) is 38.1. The Balaban J connectivity index is 1.41. The van der Waals surface area contributed by atoms with Crippen LogP contribution >= 0.6 is 0 Å². The molecule has 5 rings (SSSR count). The fraction of sp³-hybridized carbons (Fsp3) is 0.915. The van der Waals surface area contributed by atoms with Gasteiger partial charge in [-0.15, -0.1) is 0 Å². The highest BCUT2D eigenvalue weighted by Gasteiger charge is 2.62. The van der Waals surface area contributed by atoms with Gasteiger partial charge in [0.1, 0.15) is 116 Å². The summed E-state index contributed by atoms with van der Waals surface area (Å²) in [5.74, 6) is -7.71. The Morgan fingerprint density at radius 1 is 0.495 bits per heavy atom. The van der Waals surface area contributed by atoms with Crippen LogP contribution in [0.4, 0.5) is 0 Å². The molecule has 105 heavy (non-hydrogen) atoms. The standard InChI is InChI=1S/C71H127N3O31/c1-5-7-9-11-13-15-17-19-21-23-25-27-29-31-43(82)42(74-50(85)32-30-28-26-24-22-20-18-16-14-12-10-8-6-2)39-96-67-59(92)57(90)61(48(37-78)99-67)101-69-60(93)65(105-71(70(94)95)33-44(83)51(72-40(3)80)64(104-71)53(86)45(84)34-75)62(49(38-79)100-69)102-66-52(73-41(4)81)63(55(88)47(36-77)97-66)103-68-58(91)56(89)54(87)46(35-76)98-68/h29,31,42-49,51-69,75-79,82-84,86-93H,5-28,30,32-39H2,1-4H3,(H,72,80)(H,73,81)(H,74,85)(H,94,95)/t42-,43+,44-,45-,46+,47+,48+,49+,51+,52+,53-,54-,55-,56-,57+,58+,59?,60+,61+,62-,63+,64?,65+,66-,67+,68-,69-,71-/m0/s1. The minimum Gasteiger partial charge on any atom is -0.477 e. The summed E-state index contributed by atoms with van der Waals surface area (Å²) in [5.41, 5.74) is 0. The van der Waals surface area contributed by atoms with E-state index in [0.29, 0.717) is 12.8 Å². The number of aliphatic hydroxyl groups excluding tert-OH is 16. The molecule has 2 unspecified atom stereocenters. The van der Waals surface area contributed by atoms with Crippen molar-refractivity contribution in [3.05, 3.63) is 12.2 Å². The van der Waals surface area contributed by atoms with E-state index in [-0.39, 0.29) is 12.3 Å². The zero-order valence-electron chi connectivity index (χ0n) is 61.4. The van der Waals surface area contributed by atoms with E-state index in [0.717, 1.165) is 71.6 Å². The summed E-state index contributed by atoms with van der Waals surface area (Å²) < 4.78 is 60.0. The Labute approximate surface area is 614 Å². The molecule has 0 aliphatic carbocycles. The van der Waals surface area contributed by atoms with Crippen LogP contribution < -0.4 is 16.0 Å². The van der Waals surface area contributed by atoms with Crippen molar-refractivity contribution in [1.29, 1.82) is 0 Å². The van der Waals surface area contributed by atoms with Gasteiger partial charge in [0.05, 0.1) is 63.9 Å². The molecule has 3 amide bonds. The maximum Gasteiger partial charge on any atom is 0.364 e. The predicted molar refractivity (Wildman–Crippen MR) is 369 cm³/mol. The minimum atomic E-state index is -3.38. The number of aliphatic hydroxyl groups is 16. The highest BCUT2D eigenvalue weighted by Crippen LogP contribution is 2.41. The van der Waals surface area contributed by atoms with Gasteiger partial charge in [-0.1, -0.05) is 167 Å². The van der Waals surface area contributed by atoms with Crippen molar-refractivity contribution >= 4 is 23.7 Å². The third-order valence-corrected chi connectivity index (χ3v) is 20.1. The van der Waals surface area contributed by atoms with Gasteiger partial charge in [-0.25, -0.2) is 4.79 Å². The van der Waals surface area contributed by atoms with Crippen molar-refractivity contribution < 1.29 is 153 Å². The molecule has 0 aromatic rings. The molecule has 0 radical (unpaired) electrons. The number of amides is 3. The van der Waals surface area contributed by atoms with Crippen molar-refractivity contribution in [3.8, 4) is 0 Å². The van der Waals surface area contributed by atoms with Crippen LogP contribution in [-0.2, 0) is 66.5 Å². The molecule has 0 spiro atoms. The highest BCUT2D eigenvalue weighted by atomic mass is 16.8. The number of carboxylic acid groups (broad SMARTS) is 1. The lowest BCUT2D eigenvalue weighted by Crippen LogP contribution is -2.72. The molecule has 20 N–H and O–H groups in total. The van der Waals surface area contributed by atoms with E-state index in [2.05, 4.69) is 29.8 Å². The second-order valence-electron chi connectivity index (χ2n) is 28.6. The molecule has 5 heterocycles. The third kappa shape index (κ3) is 28.1. The smallest absolute Gasteiger partial charge is 0.364 e. The second-order valence-corrected chi connectivity index (χ2v) is 28.6. The summed E-state index contributed by atoms with van der Waals surface area (Å²) in [7, 11) is 0. The van der Waals surface area contributed by atoms with Crippen molar-refractivity contribution in [2.24, 2.45) is 0 Å². The molecule has 0 saturated carbocycles. The number of carboxylic acids is 1. The number of ether oxygens (including phenoxy) is 10. The molecule has 5 fully saturated rings. The summed E-state index contributed by atoms with van der Waals surface area (Å²) in [4.78, 5) is 52.9. The lowest BCUT2D eigenvalue weighted by atomic mass is 9.88. The summed E-state index contributed by atoms with van der Waals surface area (Å²) in [6.45, 7) is 0.299. The van der Waals surface area contributed by atoms with E-state index in [1.165, 1.54) is 96.0 Å². The average Bonchev–Trinajstić information content (AvgIpc) is 0.759. The number of hydrogen-bond donors (Lipinski definition) is 20.